The molecule has 0 unspecified atom stereocenters. The summed E-state index contributed by atoms with van der Waals surface area (Å²) in [6.07, 6.45) is 15.9. The summed E-state index contributed by atoms with van der Waals surface area (Å²) in [6, 6.07) is 4.11. The molecular weight excluding hydrogens is 314 g/mol. The normalized spacial score (nSPS) is 30.4. The van der Waals surface area contributed by atoms with Gasteiger partial charge < -0.3 is 0 Å². The van der Waals surface area contributed by atoms with Crippen molar-refractivity contribution in [2.45, 2.75) is 89.9 Å². The summed E-state index contributed by atoms with van der Waals surface area (Å²) in [5.41, 5.74) is 0.736. The van der Waals surface area contributed by atoms with Crippen LogP contribution in [0.4, 0.5) is 8.78 Å². The van der Waals surface area contributed by atoms with E-state index < -0.39 is 5.82 Å². The number of unbranched alkanes of at least 4 members (excludes halogenated alkanes) is 2. The molecule has 2 aliphatic rings. The molecular formula is C23H34F2. The number of hydrogen-bond donors (Lipinski definition) is 0. The molecule has 0 atom stereocenters. The number of halogens is 2. The lowest BCUT2D eigenvalue weighted by atomic mass is 9.68. The van der Waals surface area contributed by atoms with Crippen LogP contribution in [0, 0.1) is 29.4 Å². The van der Waals surface area contributed by atoms with E-state index in [9.17, 15) is 8.78 Å². The third-order valence-electron chi connectivity index (χ3n) is 6.95. The third-order valence-corrected chi connectivity index (χ3v) is 6.95. The highest BCUT2D eigenvalue weighted by molar-refractivity contribution is 5.23. The van der Waals surface area contributed by atoms with Crippen LogP contribution in [0.3, 0.4) is 0 Å². The molecule has 0 bridgehead atoms. The second kappa shape index (κ2) is 9.14. The van der Waals surface area contributed by atoms with Gasteiger partial charge in [-0.1, -0.05) is 51.5 Å². The molecule has 2 aliphatic carbocycles. The first kappa shape index (κ1) is 18.9. The molecule has 0 radical (unpaired) electrons. The fourth-order valence-corrected chi connectivity index (χ4v) is 5.37. The van der Waals surface area contributed by atoms with Crippen LogP contribution in [0.15, 0.2) is 18.2 Å². The summed E-state index contributed by atoms with van der Waals surface area (Å²) >= 11 is 0. The Morgan fingerprint density at radius 1 is 0.840 bits per heavy atom. The highest BCUT2D eigenvalue weighted by Gasteiger charge is 2.31. The molecule has 140 valence electrons. The van der Waals surface area contributed by atoms with E-state index in [0.29, 0.717) is 5.92 Å². The van der Waals surface area contributed by atoms with Gasteiger partial charge >= 0.3 is 0 Å². The number of rotatable bonds is 6. The highest BCUT2D eigenvalue weighted by Crippen LogP contribution is 2.44. The van der Waals surface area contributed by atoms with Crippen LogP contribution in [-0.4, -0.2) is 0 Å². The van der Waals surface area contributed by atoms with Crippen LogP contribution in [-0.2, 0) is 0 Å². The predicted octanol–water partition coefficient (Wildman–Crippen LogP) is 7.63. The number of benzene rings is 1. The van der Waals surface area contributed by atoms with Crippen LogP contribution in [0.5, 0.6) is 0 Å². The zero-order chi connectivity index (χ0) is 17.6. The van der Waals surface area contributed by atoms with Gasteiger partial charge in [0.25, 0.3) is 0 Å². The summed E-state index contributed by atoms with van der Waals surface area (Å²) in [5, 5.41) is 0. The lowest BCUT2D eigenvalue weighted by Gasteiger charge is -2.38. The van der Waals surface area contributed by atoms with Crippen molar-refractivity contribution < 1.29 is 8.78 Å². The minimum atomic E-state index is -0.467. The minimum absolute atomic E-state index is 0.294. The van der Waals surface area contributed by atoms with Crippen LogP contribution >= 0.6 is 0 Å². The molecule has 2 fully saturated rings. The van der Waals surface area contributed by atoms with Crippen LogP contribution in [0.2, 0.25) is 0 Å². The Hall–Kier alpha value is -0.920. The van der Waals surface area contributed by atoms with E-state index in [0.717, 1.165) is 42.2 Å². The van der Waals surface area contributed by atoms with Crippen molar-refractivity contribution in [2.75, 3.05) is 0 Å². The SMILES string of the molecule is CCCCC[C@H]1CC[C@H](C2CCC(c3ccc(F)cc3F)CC2)CC1. The largest absolute Gasteiger partial charge is 0.207 e. The van der Waals surface area contributed by atoms with Gasteiger partial charge in [-0.15, -0.1) is 0 Å². The van der Waals surface area contributed by atoms with E-state index >= 15 is 0 Å². The van der Waals surface area contributed by atoms with E-state index in [1.54, 1.807) is 6.07 Å². The quantitative estimate of drug-likeness (QED) is 0.464. The van der Waals surface area contributed by atoms with Crippen molar-refractivity contribution in [3.63, 3.8) is 0 Å². The molecule has 0 nitrogen and oxygen atoms in total. The Kier molecular flexibility index (Phi) is 6.90. The van der Waals surface area contributed by atoms with Crippen LogP contribution < -0.4 is 0 Å². The van der Waals surface area contributed by atoms with E-state index in [4.69, 9.17) is 0 Å². The molecule has 2 saturated carbocycles. The van der Waals surface area contributed by atoms with Crippen molar-refractivity contribution in [3.05, 3.63) is 35.4 Å². The van der Waals surface area contributed by atoms with Crippen LogP contribution in [0.25, 0.3) is 0 Å². The summed E-state index contributed by atoms with van der Waals surface area (Å²) in [6.45, 7) is 2.28. The van der Waals surface area contributed by atoms with E-state index in [1.807, 2.05) is 0 Å². The van der Waals surface area contributed by atoms with Crippen molar-refractivity contribution in [1.82, 2.24) is 0 Å². The molecule has 3 rings (SSSR count). The van der Waals surface area contributed by atoms with Crippen LogP contribution in [0.1, 0.15) is 95.5 Å². The fourth-order valence-electron chi connectivity index (χ4n) is 5.37. The summed E-state index contributed by atoms with van der Waals surface area (Å²) in [5.74, 6) is 2.20. The summed E-state index contributed by atoms with van der Waals surface area (Å²) in [4.78, 5) is 0. The zero-order valence-corrected chi connectivity index (χ0v) is 15.8. The van der Waals surface area contributed by atoms with E-state index in [-0.39, 0.29) is 5.82 Å². The highest BCUT2D eigenvalue weighted by atomic mass is 19.1. The molecule has 0 N–H and O–H groups in total. The molecule has 2 heteroatoms. The molecule has 1 aromatic rings. The average Bonchev–Trinajstić information content (AvgIpc) is 2.63. The lowest BCUT2D eigenvalue weighted by Crippen LogP contribution is -2.25. The topological polar surface area (TPSA) is 0 Å². The Labute approximate surface area is 152 Å². The maximum absolute atomic E-state index is 14.0. The van der Waals surface area contributed by atoms with Crippen molar-refractivity contribution in [3.8, 4) is 0 Å². The average molecular weight is 349 g/mol. The lowest BCUT2D eigenvalue weighted by molar-refractivity contribution is 0.155. The van der Waals surface area contributed by atoms with Gasteiger partial charge in [0.2, 0.25) is 0 Å². The second-order valence-electron chi connectivity index (χ2n) is 8.55. The maximum Gasteiger partial charge on any atom is 0.129 e. The van der Waals surface area contributed by atoms with Gasteiger partial charge in [0, 0.05) is 6.07 Å². The van der Waals surface area contributed by atoms with Gasteiger partial charge in [0.05, 0.1) is 0 Å². The maximum atomic E-state index is 14.0. The Morgan fingerprint density at radius 2 is 1.48 bits per heavy atom. The first-order chi connectivity index (χ1) is 12.2. The van der Waals surface area contributed by atoms with Gasteiger partial charge in [-0.3, -0.25) is 0 Å². The van der Waals surface area contributed by atoms with Crippen molar-refractivity contribution in [1.29, 1.82) is 0 Å². The standard InChI is InChI=1S/C23H34F2/c1-2-3-4-5-17-6-8-18(9-7-17)19-10-12-20(13-11-19)22-15-14-21(24)16-23(22)25/h14-20H,2-13H2,1H3/t17-,18-,19?,20?. The van der Waals surface area contributed by atoms with E-state index in [1.165, 1.54) is 70.3 Å². The van der Waals surface area contributed by atoms with Gasteiger partial charge in [-0.2, -0.15) is 0 Å². The smallest absolute Gasteiger partial charge is 0.129 e. The molecule has 0 spiro atoms. The van der Waals surface area contributed by atoms with E-state index in [2.05, 4.69) is 6.92 Å². The first-order valence-corrected chi connectivity index (χ1v) is 10.6. The molecule has 0 aromatic heterocycles. The van der Waals surface area contributed by atoms with Crippen molar-refractivity contribution in [2.24, 2.45) is 17.8 Å². The number of hydrogen-bond acceptors (Lipinski definition) is 0. The molecule has 0 saturated heterocycles. The minimum Gasteiger partial charge on any atom is -0.207 e. The predicted molar refractivity (Wildman–Crippen MR) is 101 cm³/mol. The molecule has 0 aliphatic heterocycles. The van der Waals surface area contributed by atoms with Crippen molar-refractivity contribution >= 4 is 0 Å². The summed E-state index contributed by atoms with van der Waals surface area (Å²) < 4.78 is 27.1. The second-order valence-corrected chi connectivity index (χ2v) is 8.55. The Morgan fingerprint density at radius 3 is 2.08 bits per heavy atom. The molecule has 0 amide bonds. The zero-order valence-electron chi connectivity index (χ0n) is 15.8. The molecule has 0 heterocycles. The van der Waals surface area contributed by atoms with Gasteiger partial charge in [-0.05, 0) is 73.8 Å². The third kappa shape index (κ3) is 5.05. The Bertz CT molecular complexity index is 523. The first-order valence-electron chi connectivity index (χ1n) is 10.6. The molecule has 1 aromatic carbocycles. The van der Waals surface area contributed by atoms with Gasteiger partial charge in [0.15, 0.2) is 0 Å². The van der Waals surface area contributed by atoms with Gasteiger partial charge in [-0.25, -0.2) is 8.78 Å². The van der Waals surface area contributed by atoms with Gasteiger partial charge in [0.1, 0.15) is 11.6 Å². The Balaban J connectivity index is 1.44. The fraction of sp³-hybridized carbons (Fsp3) is 0.739. The monoisotopic (exact) mass is 348 g/mol. The molecule has 25 heavy (non-hydrogen) atoms. The summed E-state index contributed by atoms with van der Waals surface area (Å²) in [7, 11) is 0.